The van der Waals surface area contributed by atoms with Gasteiger partial charge in [-0.15, -0.1) is 0 Å². The third-order valence-corrected chi connectivity index (χ3v) is 2.24. The Morgan fingerprint density at radius 2 is 2.58 bits per heavy atom. The summed E-state index contributed by atoms with van der Waals surface area (Å²) in [5.41, 5.74) is 0.991. The molecule has 0 amide bonds. The van der Waals surface area contributed by atoms with Crippen molar-refractivity contribution in [1.82, 2.24) is 5.16 Å². The molecule has 0 saturated carbocycles. The lowest BCUT2D eigenvalue weighted by Gasteiger charge is -1.94. The molecule has 0 atom stereocenters. The second-order valence-electron chi connectivity index (χ2n) is 2.23. The Bertz CT molecular complexity index is 235. The van der Waals surface area contributed by atoms with E-state index in [1.165, 1.54) is 0 Å². The van der Waals surface area contributed by atoms with Gasteiger partial charge in [-0.05, 0) is 0 Å². The molecule has 1 aromatic heterocycles. The van der Waals surface area contributed by atoms with Crippen LogP contribution in [0.3, 0.4) is 0 Å². The third-order valence-electron chi connectivity index (χ3n) is 1.21. The van der Waals surface area contributed by atoms with Gasteiger partial charge in [-0.25, -0.2) is 0 Å². The van der Waals surface area contributed by atoms with Crippen LogP contribution in [0.1, 0.15) is 12.0 Å². The Labute approximate surface area is 73.9 Å². The summed E-state index contributed by atoms with van der Waals surface area (Å²) in [6, 6.07) is 0. The molecule has 0 aliphatic rings. The Morgan fingerprint density at radius 1 is 1.75 bits per heavy atom. The average molecular weight is 187 g/mol. The van der Waals surface area contributed by atoms with Crippen LogP contribution in [0.25, 0.3) is 0 Å². The van der Waals surface area contributed by atoms with E-state index in [1.807, 2.05) is 0 Å². The van der Waals surface area contributed by atoms with Gasteiger partial charge in [-0.1, -0.05) is 5.16 Å². The zero-order valence-corrected chi connectivity index (χ0v) is 7.21. The van der Waals surface area contributed by atoms with Gasteiger partial charge in [0.25, 0.3) is 0 Å². The molecule has 0 spiro atoms. The molecular weight excluding hydrogens is 178 g/mol. The lowest BCUT2D eigenvalue weighted by atomic mass is 10.4. The van der Waals surface area contributed by atoms with Crippen LogP contribution in [0.5, 0.6) is 0 Å². The van der Waals surface area contributed by atoms with E-state index in [0.717, 1.165) is 11.3 Å². The van der Waals surface area contributed by atoms with E-state index < -0.39 is 5.97 Å². The fourth-order valence-electron chi connectivity index (χ4n) is 0.647. The number of rotatable bonds is 5. The second kappa shape index (κ2) is 4.82. The Hall–Kier alpha value is -0.970. The molecule has 0 saturated heterocycles. The molecule has 1 heterocycles. The molecule has 12 heavy (non-hydrogen) atoms. The van der Waals surface area contributed by atoms with Crippen molar-refractivity contribution in [3.8, 4) is 0 Å². The van der Waals surface area contributed by atoms with Crippen molar-refractivity contribution in [1.29, 1.82) is 0 Å². The number of carboxylic acids is 1. The molecule has 1 N–H and O–H groups in total. The van der Waals surface area contributed by atoms with Gasteiger partial charge in [0.2, 0.25) is 0 Å². The third kappa shape index (κ3) is 3.43. The standard InChI is InChI=1S/C7H9NO3S/c9-7(10)1-2-12-5-6-3-8-11-4-6/h3-4H,1-2,5H2,(H,9,10). The summed E-state index contributed by atoms with van der Waals surface area (Å²) < 4.78 is 4.61. The lowest BCUT2D eigenvalue weighted by Crippen LogP contribution is -1.95. The van der Waals surface area contributed by atoms with Gasteiger partial charge in [0.1, 0.15) is 6.26 Å². The summed E-state index contributed by atoms with van der Waals surface area (Å²) in [4.78, 5) is 10.1. The molecule has 0 bridgehead atoms. The molecule has 66 valence electrons. The zero-order chi connectivity index (χ0) is 8.81. The maximum atomic E-state index is 10.1. The average Bonchev–Trinajstić information content (AvgIpc) is 2.49. The van der Waals surface area contributed by atoms with E-state index in [2.05, 4.69) is 9.68 Å². The minimum absolute atomic E-state index is 0.204. The molecule has 0 fully saturated rings. The van der Waals surface area contributed by atoms with Crippen LogP contribution in [-0.4, -0.2) is 22.0 Å². The molecule has 1 rings (SSSR count). The first-order valence-corrected chi connectivity index (χ1v) is 4.62. The van der Waals surface area contributed by atoms with Crippen molar-refractivity contribution >= 4 is 17.7 Å². The quantitative estimate of drug-likeness (QED) is 0.705. The molecule has 1 aromatic rings. The number of carboxylic acid groups (broad SMARTS) is 1. The van der Waals surface area contributed by atoms with Crippen LogP contribution in [-0.2, 0) is 10.5 Å². The Morgan fingerprint density at radius 3 is 3.17 bits per heavy atom. The highest BCUT2D eigenvalue weighted by atomic mass is 32.2. The molecule has 0 unspecified atom stereocenters. The fourth-order valence-corrected chi connectivity index (χ4v) is 1.49. The minimum Gasteiger partial charge on any atom is -0.481 e. The SMILES string of the molecule is O=C(O)CCSCc1cnoc1. The van der Waals surface area contributed by atoms with Gasteiger partial charge in [-0.3, -0.25) is 4.79 Å². The van der Waals surface area contributed by atoms with Crippen LogP contribution in [0.15, 0.2) is 17.0 Å². The van der Waals surface area contributed by atoms with E-state index in [0.29, 0.717) is 5.75 Å². The summed E-state index contributed by atoms with van der Waals surface area (Å²) in [6.07, 6.45) is 3.40. The van der Waals surface area contributed by atoms with Gasteiger partial charge < -0.3 is 9.63 Å². The summed E-state index contributed by atoms with van der Waals surface area (Å²) in [5.74, 6) is 0.630. The molecule has 0 aromatic carbocycles. The van der Waals surface area contributed by atoms with Crippen LogP contribution in [0.4, 0.5) is 0 Å². The molecule has 0 aliphatic heterocycles. The van der Waals surface area contributed by atoms with Crippen LogP contribution in [0.2, 0.25) is 0 Å². The highest BCUT2D eigenvalue weighted by molar-refractivity contribution is 7.98. The van der Waals surface area contributed by atoms with Gasteiger partial charge >= 0.3 is 5.97 Å². The normalized spacial score (nSPS) is 10.0. The maximum absolute atomic E-state index is 10.1. The first kappa shape index (κ1) is 9.12. The second-order valence-corrected chi connectivity index (χ2v) is 3.33. The van der Waals surface area contributed by atoms with Gasteiger partial charge in [0, 0.05) is 17.1 Å². The zero-order valence-electron chi connectivity index (χ0n) is 6.40. The molecule has 0 aliphatic carbocycles. The van der Waals surface area contributed by atoms with Crippen molar-refractivity contribution in [3.05, 3.63) is 18.0 Å². The molecular formula is C7H9NO3S. The highest BCUT2D eigenvalue weighted by Gasteiger charge is 1.98. The number of aromatic nitrogens is 1. The Kier molecular flexibility index (Phi) is 3.66. The first-order chi connectivity index (χ1) is 5.79. The number of nitrogens with zero attached hydrogens (tertiary/aromatic N) is 1. The van der Waals surface area contributed by atoms with E-state index in [-0.39, 0.29) is 6.42 Å². The number of hydrogen-bond donors (Lipinski definition) is 1. The number of aliphatic carboxylic acids is 1. The fraction of sp³-hybridized carbons (Fsp3) is 0.429. The maximum Gasteiger partial charge on any atom is 0.304 e. The van der Waals surface area contributed by atoms with Crippen molar-refractivity contribution in [2.24, 2.45) is 0 Å². The predicted molar refractivity (Wildman–Crippen MR) is 44.9 cm³/mol. The number of hydrogen-bond acceptors (Lipinski definition) is 4. The highest BCUT2D eigenvalue weighted by Crippen LogP contribution is 2.11. The lowest BCUT2D eigenvalue weighted by molar-refractivity contribution is -0.136. The van der Waals surface area contributed by atoms with E-state index in [1.54, 1.807) is 24.2 Å². The van der Waals surface area contributed by atoms with Gasteiger partial charge in [0.15, 0.2) is 0 Å². The number of carbonyl (C=O) groups is 1. The van der Waals surface area contributed by atoms with Crippen molar-refractivity contribution in [2.75, 3.05) is 5.75 Å². The van der Waals surface area contributed by atoms with E-state index in [9.17, 15) is 4.79 Å². The largest absolute Gasteiger partial charge is 0.481 e. The summed E-state index contributed by atoms with van der Waals surface area (Å²) >= 11 is 1.56. The van der Waals surface area contributed by atoms with Crippen molar-refractivity contribution in [2.45, 2.75) is 12.2 Å². The van der Waals surface area contributed by atoms with Gasteiger partial charge in [-0.2, -0.15) is 11.8 Å². The smallest absolute Gasteiger partial charge is 0.304 e. The topological polar surface area (TPSA) is 63.3 Å². The van der Waals surface area contributed by atoms with Crippen molar-refractivity contribution in [3.63, 3.8) is 0 Å². The summed E-state index contributed by atoms with van der Waals surface area (Å²) in [6.45, 7) is 0. The Balaban J connectivity index is 2.07. The van der Waals surface area contributed by atoms with E-state index >= 15 is 0 Å². The summed E-state index contributed by atoms with van der Waals surface area (Å²) in [5, 5.41) is 11.9. The van der Waals surface area contributed by atoms with Gasteiger partial charge in [0.05, 0.1) is 12.6 Å². The molecule has 4 nitrogen and oxygen atoms in total. The minimum atomic E-state index is -0.757. The summed E-state index contributed by atoms with van der Waals surface area (Å²) in [7, 11) is 0. The monoisotopic (exact) mass is 187 g/mol. The van der Waals surface area contributed by atoms with E-state index in [4.69, 9.17) is 5.11 Å². The van der Waals surface area contributed by atoms with Crippen LogP contribution >= 0.6 is 11.8 Å². The van der Waals surface area contributed by atoms with Crippen molar-refractivity contribution < 1.29 is 14.4 Å². The van der Waals surface area contributed by atoms with Crippen LogP contribution < -0.4 is 0 Å². The molecule has 5 heteroatoms. The number of thioether (sulfide) groups is 1. The van der Waals surface area contributed by atoms with Crippen LogP contribution in [0, 0.1) is 0 Å². The molecule has 0 radical (unpaired) electrons. The first-order valence-electron chi connectivity index (χ1n) is 3.47. The predicted octanol–water partition coefficient (Wildman–Crippen LogP) is 1.38.